The molecule has 0 radical (unpaired) electrons. The predicted molar refractivity (Wildman–Crippen MR) is 147 cm³/mol. The minimum absolute atomic E-state index is 0.131. The zero-order valence-corrected chi connectivity index (χ0v) is 22.9. The number of aryl methyl sites for hydroxylation is 1. The Morgan fingerprint density at radius 3 is 2.73 bits per heavy atom. The van der Waals surface area contributed by atoms with Gasteiger partial charge in [0.25, 0.3) is 5.24 Å². The van der Waals surface area contributed by atoms with Crippen molar-refractivity contribution in [2.24, 2.45) is 5.92 Å². The molecule has 1 saturated heterocycles. The van der Waals surface area contributed by atoms with E-state index < -0.39 is 0 Å². The van der Waals surface area contributed by atoms with Crippen molar-refractivity contribution in [3.63, 3.8) is 0 Å². The van der Waals surface area contributed by atoms with Crippen molar-refractivity contribution < 1.29 is 19.1 Å². The minimum Gasteiger partial charge on any atom is -0.493 e. The largest absolute Gasteiger partial charge is 0.493 e. The second kappa shape index (κ2) is 11.9. The first kappa shape index (κ1) is 26.1. The van der Waals surface area contributed by atoms with E-state index in [9.17, 15) is 9.59 Å². The maximum absolute atomic E-state index is 11.8. The van der Waals surface area contributed by atoms with Crippen molar-refractivity contribution in [2.45, 2.75) is 65.0 Å². The third-order valence-electron chi connectivity index (χ3n) is 8.00. The quantitative estimate of drug-likeness (QED) is 0.373. The van der Waals surface area contributed by atoms with Gasteiger partial charge in [-0.05, 0) is 67.0 Å². The molecule has 1 atom stereocenters. The first-order valence-corrected chi connectivity index (χ1v) is 14.7. The third kappa shape index (κ3) is 6.32. The maximum Gasteiger partial charge on any atom is 0.288 e. The second-order valence-corrected chi connectivity index (χ2v) is 11.5. The van der Waals surface area contributed by atoms with E-state index in [0.717, 1.165) is 60.9 Å². The highest BCUT2D eigenvalue weighted by Gasteiger charge is 2.29. The Morgan fingerprint density at radius 1 is 1.14 bits per heavy atom. The summed E-state index contributed by atoms with van der Waals surface area (Å²) in [4.78, 5) is 27.5. The molecule has 37 heavy (non-hydrogen) atoms. The van der Waals surface area contributed by atoms with E-state index in [0.29, 0.717) is 19.2 Å². The van der Waals surface area contributed by atoms with Crippen LogP contribution in [0.5, 0.6) is 11.5 Å². The van der Waals surface area contributed by atoms with Crippen LogP contribution in [0.4, 0.5) is 4.79 Å². The summed E-state index contributed by atoms with van der Waals surface area (Å²) in [5, 5.41) is -0.177. The first-order chi connectivity index (χ1) is 18.0. The Morgan fingerprint density at radius 2 is 1.97 bits per heavy atom. The molecule has 2 fully saturated rings. The average molecular weight is 523 g/mol. The van der Waals surface area contributed by atoms with Gasteiger partial charge in [-0.3, -0.25) is 19.4 Å². The lowest BCUT2D eigenvalue weighted by atomic mass is 9.88. The van der Waals surface area contributed by atoms with Crippen molar-refractivity contribution in [1.82, 2.24) is 9.80 Å². The molecule has 3 aliphatic rings. The summed E-state index contributed by atoms with van der Waals surface area (Å²) < 4.78 is 11.7. The van der Waals surface area contributed by atoms with Gasteiger partial charge in [0, 0.05) is 25.6 Å². The highest BCUT2D eigenvalue weighted by Crippen LogP contribution is 2.33. The van der Waals surface area contributed by atoms with Crippen LogP contribution in [0.1, 0.15) is 67.3 Å². The minimum atomic E-state index is -0.177. The zero-order chi connectivity index (χ0) is 25.8. The van der Waals surface area contributed by atoms with E-state index in [4.69, 9.17) is 9.47 Å². The van der Waals surface area contributed by atoms with E-state index >= 15 is 0 Å². The number of hydrogen-bond acceptors (Lipinski definition) is 6. The average Bonchev–Trinajstić information content (AvgIpc) is 3.51. The van der Waals surface area contributed by atoms with Gasteiger partial charge in [-0.1, -0.05) is 55.3 Å². The highest BCUT2D eigenvalue weighted by molar-refractivity contribution is 8.14. The van der Waals surface area contributed by atoms with Crippen LogP contribution in [0.25, 0.3) is 0 Å². The number of benzene rings is 2. The van der Waals surface area contributed by atoms with Gasteiger partial charge in [0.2, 0.25) is 5.91 Å². The van der Waals surface area contributed by atoms with Gasteiger partial charge < -0.3 is 9.47 Å². The predicted octanol–water partition coefficient (Wildman–Crippen LogP) is 6.15. The fraction of sp³-hybridized carbons (Fsp3) is 0.533. The number of fused-ring (bicyclic) bond motifs is 1. The summed E-state index contributed by atoms with van der Waals surface area (Å²) in [6.45, 7) is 7.80. The van der Waals surface area contributed by atoms with Crippen molar-refractivity contribution in [3.05, 3.63) is 58.7 Å². The maximum atomic E-state index is 11.8. The van der Waals surface area contributed by atoms with Crippen LogP contribution in [-0.4, -0.2) is 53.0 Å². The molecule has 2 aromatic rings. The lowest BCUT2D eigenvalue weighted by Gasteiger charge is -2.34. The molecule has 1 unspecified atom stereocenters. The van der Waals surface area contributed by atoms with Crippen LogP contribution in [0, 0.1) is 12.8 Å². The van der Waals surface area contributed by atoms with Crippen LogP contribution in [0.3, 0.4) is 0 Å². The van der Waals surface area contributed by atoms with Gasteiger partial charge >= 0.3 is 0 Å². The van der Waals surface area contributed by atoms with E-state index in [1.54, 1.807) is 0 Å². The highest BCUT2D eigenvalue weighted by atomic mass is 32.2. The Bertz CT molecular complexity index is 1110. The van der Waals surface area contributed by atoms with Gasteiger partial charge in [-0.15, -0.1) is 0 Å². The van der Waals surface area contributed by atoms with Crippen molar-refractivity contribution in [3.8, 4) is 11.5 Å². The Balaban J connectivity index is 1.26. The molecular weight excluding hydrogens is 484 g/mol. The summed E-state index contributed by atoms with van der Waals surface area (Å²) in [5.41, 5.74) is 5.04. The third-order valence-corrected chi connectivity index (χ3v) is 8.86. The van der Waals surface area contributed by atoms with Gasteiger partial charge in [0.05, 0.1) is 18.9 Å². The monoisotopic (exact) mass is 522 g/mol. The molecular formula is C30H38N2O4S. The molecule has 2 aliphatic heterocycles. The summed E-state index contributed by atoms with van der Waals surface area (Å²) in [6, 6.07) is 13.4. The number of hydrogen-bond donors (Lipinski definition) is 0. The molecule has 7 heteroatoms. The first-order valence-electron chi connectivity index (χ1n) is 13.7. The van der Waals surface area contributed by atoms with E-state index in [1.807, 2.05) is 6.07 Å². The fourth-order valence-corrected chi connectivity index (χ4v) is 6.54. The van der Waals surface area contributed by atoms with Crippen molar-refractivity contribution in [2.75, 3.05) is 32.1 Å². The molecule has 5 rings (SSSR count). The Kier molecular flexibility index (Phi) is 8.40. The van der Waals surface area contributed by atoms with Crippen LogP contribution in [0.15, 0.2) is 36.4 Å². The normalized spacial score (nSPS) is 18.8. The zero-order valence-electron chi connectivity index (χ0n) is 22.0. The second-order valence-electron chi connectivity index (χ2n) is 10.6. The van der Waals surface area contributed by atoms with Gasteiger partial charge in [0.1, 0.15) is 18.1 Å². The van der Waals surface area contributed by atoms with Crippen LogP contribution < -0.4 is 9.47 Å². The smallest absolute Gasteiger partial charge is 0.288 e. The molecule has 6 nitrogen and oxygen atoms in total. The summed E-state index contributed by atoms with van der Waals surface area (Å²) >= 11 is 1.06. The van der Waals surface area contributed by atoms with Crippen LogP contribution >= 0.6 is 11.8 Å². The Hall–Kier alpha value is -2.51. The number of rotatable bonds is 10. The van der Waals surface area contributed by atoms with E-state index in [1.165, 1.54) is 53.7 Å². The van der Waals surface area contributed by atoms with Crippen LogP contribution in [-0.2, 0) is 17.8 Å². The number of carbonyl (C=O) groups excluding carboxylic acids is 2. The standard InChI is InChI=1S/C30H38N2O4S/c1-21-16-24(8-10-27(21)36-15-13-32-29(33)20-37-30(32)34)19-31(18-23-6-4-3-5-7-23)22(2)25-9-11-28-26(17-25)12-14-35-28/h8-11,16-17,22-23H,3-7,12-15,18-20H2,1-2H3. The molecule has 0 bridgehead atoms. The van der Waals surface area contributed by atoms with Crippen molar-refractivity contribution in [1.29, 1.82) is 0 Å². The number of amides is 2. The van der Waals surface area contributed by atoms with E-state index in [-0.39, 0.29) is 16.9 Å². The number of nitrogens with zero attached hydrogens (tertiary/aromatic N) is 2. The molecule has 0 N–H and O–H groups in total. The molecule has 198 valence electrons. The molecule has 2 aromatic carbocycles. The molecule has 1 aliphatic carbocycles. The van der Waals surface area contributed by atoms with E-state index in [2.05, 4.69) is 49.1 Å². The van der Waals surface area contributed by atoms with Gasteiger partial charge in [0.15, 0.2) is 0 Å². The lowest BCUT2D eigenvalue weighted by molar-refractivity contribution is -0.124. The topological polar surface area (TPSA) is 59.1 Å². The molecule has 2 heterocycles. The molecule has 0 spiro atoms. The number of imide groups is 1. The summed E-state index contributed by atoms with van der Waals surface area (Å²) in [6.07, 6.45) is 7.72. The number of carbonyl (C=O) groups is 2. The number of thioether (sulfide) groups is 1. The van der Waals surface area contributed by atoms with Crippen LogP contribution in [0.2, 0.25) is 0 Å². The molecule has 2 amide bonds. The summed E-state index contributed by atoms with van der Waals surface area (Å²) in [7, 11) is 0. The molecule has 0 aromatic heterocycles. The number of ether oxygens (including phenoxy) is 2. The van der Waals surface area contributed by atoms with Gasteiger partial charge in [-0.25, -0.2) is 0 Å². The lowest BCUT2D eigenvalue weighted by Crippen LogP contribution is -2.33. The van der Waals surface area contributed by atoms with Crippen molar-refractivity contribution >= 4 is 22.9 Å². The summed E-state index contributed by atoms with van der Waals surface area (Å²) in [5.74, 6) is 2.71. The Labute approximate surface area is 224 Å². The fourth-order valence-electron chi connectivity index (χ4n) is 5.79. The van der Waals surface area contributed by atoms with Gasteiger partial charge in [-0.2, -0.15) is 0 Å². The molecule has 1 saturated carbocycles. The SMILES string of the molecule is Cc1cc(CN(CC2CCCCC2)C(C)c2ccc3c(c2)CCO3)ccc1OCCN1C(=O)CSC1=O.